The molecule has 0 aromatic heterocycles. The van der Waals surface area contributed by atoms with E-state index in [4.69, 9.17) is 5.11 Å². The third kappa shape index (κ3) is 1.98. The number of carbonyl (C=O) groups is 1. The number of carboxylic acids is 1. The van der Waals surface area contributed by atoms with Crippen LogP contribution in [0.15, 0.2) is 12.1 Å². The van der Waals surface area contributed by atoms with E-state index in [9.17, 15) is 13.6 Å². The zero-order valence-corrected chi connectivity index (χ0v) is 8.77. The Kier molecular flexibility index (Phi) is 2.79. The van der Waals surface area contributed by atoms with E-state index in [2.05, 4.69) is 0 Å². The van der Waals surface area contributed by atoms with Crippen LogP contribution in [0.4, 0.5) is 8.78 Å². The second kappa shape index (κ2) is 3.61. The van der Waals surface area contributed by atoms with Gasteiger partial charge in [0.2, 0.25) is 0 Å². The quantitative estimate of drug-likeness (QED) is 0.821. The summed E-state index contributed by atoms with van der Waals surface area (Å²) in [6.45, 7) is 4.76. The molecule has 0 spiro atoms. The Morgan fingerprint density at radius 3 is 1.93 bits per heavy atom. The van der Waals surface area contributed by atoms with Crippen molar-refractivity contribution in [2.75, 3.05) is 0 Å². The number of hydrogen-bond donors (Lipinski definition) is 1. The van der Waals surface area contributed by atoms with Gasteiger partial charge in [-0.05, 0) is 31.9 Å². The van der Waals surface area contributed by atoms with Crippen LogP contribution in [0.25, 0.3) is 0 Å². The van der Waals surface area contributed by atoms with Crippen LogP contribution < -0.4 is 0 Å². The second-order valence-corrected chi connectivity index (χ2v) is 3.65. The van der Waals surface area contributed by atoms with Gasteiger partial charge in [-0.1, -0.05) is 17.7 Å². The van der Waals surface area contributed by atoms with Crippen molar-refractivity contribution in [3.05, 3.63) is 34.4 Å². The van der Waals surface area contributed by atoms with Gasteiger partial charge in [-0.3, -0.25) is 0 Å². The van der Waals surface area contributed by atoms with Crippen LogP contribution in [0.1, 0.15) is 22.3 Å². The topological polar surface area (TPSA) is 37.3 Å². The first kappa shape index (κ1) is 11.6. The fourth-order valence-electron chi connectivity index (χ4n) is 1.78. The predicted octanol–water partition coefficient (Wildman–Crippen LogP) is 2.79. The monoisotopic (exact) mass is 214 g/mol. The zero-order chi connectivity index (χ0) is 11.8. The fourth-order valence-corrected chi connectivity index (χ4v) is 1.78. The fraction of sp³-hybridized carbons (Fsp3) is 0.364. The molecule has 1 N–H and O–H groups in total. The van der Waals surface area contributed by atoms with Crippen LogP contribution in [0.3, 0.4) is 0 Å². The molecule has 0 bridgehead atoms. The van der Waals surface area contributed by atoms with E-state index in [0.29, 0.717) is 11.1 Å². The molecule has 0 aliphatic carbocycles. The van der Waals surface area contributed by atoms with Gasteiger partial charge < -0.3 is 5.11 Å². The summed E-state index contributed by atoms with van der Waals surface area (Å²) in [4.78, 5) is 10.5. The van der Waals surface area contributed by atoms with Crippen molar-refractivity contribution in [3.63, 3.8) is 0 Å². The van der Waals surface area contributed by atoms with Gasteiger partial charge in [0.05, 0.1) is 0 Å². The minimum absolute atomic E-state index is 0.305. The molecule has 0 aliphatic rings. The minimum Gasteiger partial charge on any atom is -0.477 e. The standard InChI is InChI=1S/C11H12F2O2/c1-6-4-7(2)9(8(3)5-6)11(12,13)10(14)15/h4-5H,1-3H3,(H,14,15). The third-order valence-electron chi connectivity index (χ3n) is 2.26. The number of rotatable bonds is 2. The van der Waals surface area contributed by atoms with Gasteiger partial charge in [0.25, 0.3) is 0 Å². The van der Waals surface area contributed by atoms with Gasteiger partial charge >= 0.3 is 11.9 Å². The molecule has 0 aliphatic heterocycles. The van der Waals surface area contributed by atoms with Crippen LogP contribution in [-0.2, 0) is 10.7 Å². The van der Waals surface area contributed by atoms with Crippen LogP contribution in [0.5, 0.6) is 0 Å². The van der Waals surface area contributed by atoms with E-state index < -0.39 is 17.5 Å². The van der Waals surface area contributed by atoms with E-state index in [1.165, 1.54) is 13.8 Å². The van der Waals surface area contributed by atoms with Gasteiger partial charge in [-0.15, -0.1) is 0 Å². The molecular weight excluding hydrogens is 202 g/mol. The highest BCUT2D eigenvalue weighted by Crippen LogP contribution is 2.33. The molecule has 1 aromatic rings. The molecule has 1 rings (SSSR count). The second-order valence-electron chi connectivity index (χ2n) is 3.65. The lowest BCUT2D eigenvalue weighted by Crippen LogP contribution is -2.27. The van der Waals surface area contributed by atoms with E-state index in [1.54, 1.807) is 19.1 Å². The molecule has 0 radical (unpaired) electrons. The normalized spacial score (nSPS) is 11.5. The molecule has 0 saturated heterocycles. The number of alkyl halides is 2. The third-order valence-corrected chi connectivity index (χ3v) is 2.26. The van der Waals surface area contributed by atoms with Crippen molar-refractivity contribution in [1.29, 1.82) is 0 Å². The van der Waals surface area contributed by atoms with E-state index in [1.807, 2.05) is 0 Å². The predicted molar refractivity (Wildman–Crippen MR) is 52.2 cm³/mol. The average Bonchev–Trinajstić information content (AvgIpc) is 2.00. The molecule has 0 saturated carbocycles. The molecule has 82 valence electrons. The summed E-state index contributed by atoms with van der Waals surface area (Å²) in [5, 5.41) is 8.46. The number of carboxylic acid groups (broad SMARTS) is 1. The van der Waals surface area contributed by atoms with Crippen molar-refractivity contribution in [2.45, 2.75) is 26.7 Å². The minimum atomic E-state index is -3.82. The van der Waals surface area contributed by atoms with Crippen LogP contribution in [0.2, 0.25) is 0 Å². The molecular formula is C11H12F2O2. The number of halogens is 2. The van der Waals surface area contributed by atoms with Crippen molar-refractivity contribution < 1.29 is 18.7 Å². The van der Waals surface area contributed by atoms with E-state index in [0.717, 1.165) is 5.56 Å². The Bertz CT molecular complexity index is 388. The molecule has 0 fully saturated rings. The lowest BCUT2D eigenvalue weighted by molar-refractivity contribution is -0.166. The van der Waals surface area contributed by atoms with Crippen molar-refractivity contribution >= 4 is 5.97 Å². The summed E-state index contributed by atoms with van der Waals surface area (Å²) < 4.78 is 26.7. The maximum absolute atomic E-state index is 13.3. The maximum atomic E-state index is 13.3. The van der Waals surface area contributed by atoms with Gasteiger partial charge in [0.15, 0.2) is 0 Å². The molecule has 1 aromatic carbocycles. The van der Waals surface area contributed by atoms with Gasteiger partial charge in [0.1, 0.15) is 0 Å². The first-order chi connectivity index (χ1) is 6.76. The zero-order valence-electron chi connectivity index (χ0n) is 8.77. The van der Waals surface area contributed by atoms with Gasteiger partial charge in [-0.2, -0.15) is 8.78 Å². The molecule has 0 unspecified atom stereocenters. The Hall–Kier alpha value is -1.45. The highest BCUT2D eigenvalue weighted by atomic mass is 19.3. The number of aryl methyl sites for hydroxylation is 3. The Morgan fingerprint density at radius 1 is 1.20 bits per heavy atom. The number of hydrogen-bond acceptors (Lipinski definition) is 1. The summed E-state index contributed by atoms with van der Waals surface area (Å²) in [5.74, 6) is -5.93. The smallest absolute Gasteiger partial charge is 0.379 e. The number of aliphatic carboxylic acids is 1. The summed E-state index contributed by atoms with van der Waals surface area (Å²) in [6, 6.07) is 3.11. The summed E-state index contributed by atoms with van der Waals surface area (Å²) in [6.07, 6.45) is 0. The molecule has 0 atom stereocenters. The van der Waals surface area contributed by atoms with Crippen molar-refractivity contribution in [2.24, 2.45) is 0 Å². The molecule has 2 nitrogen and oxygen atoms in total. The van der Waals surface area contributed by atoms with Gasteiger partial charge in [-0.25, -0.2) is 4.79 Å². The number of benzene rings is 1. The summed E-state index contributed by atoms with van der Waals surface area (Å²) in [5.41, 5.74) is 1.05. The highest BCUT2D eigenvalue weighted by Gasteiger charge is 2.43. The largest absolute Gasteiger partial charge is 0.477 e. The molecule has 4 heteroatoms. The Morgan fingerprint density at radius 2 is 1.60 bits per heavy atom. The maximum Gasteiger partial charge on any atom is 0.379 e. The summed E-state index contributed by atoms with van der Waals surface area (Å²) >= 11 is 0. The molecule has 0 heterocycles. The first-order valence-corrected chi connectivity index (χ1v) is 4.46. The van der Waals surface area contributed by atoms with Crippen LogP contribution in [-0.4, -0.2) is 11.1 Å². The highest BCUT2D eigenvalue weighted by molar-refractivity contribution is 5.78. The molecule has 0 amide bonds. The van der Waals surface area contributed by atoms with Crippen molar-refractivity contribution in [3.8, 4) is 0 Å². The van der Waals surface area contributed by atoms with Crippen LogP contribution >= 0.6 is 0 Å². The summed E-state index contributed by atoms with van der Waals surface area (Å²) in [7, 11) is 0. The van der Waals surface area contributed by atoms with Crippen molar-refractivity contribution in [1.82, 2.24) is 0 Å². The van der Waals surface area contributed by atoms with Gasteiger partial charge in [0, 0.05) is 5.56 Å². The SMILES string of the molecule is Cc1cc(C)c(C(F)(F)C(=O)O)c(C)c1. The Labute approximate surface area is 86.5 Å². The molecule has 15 heavy (non-hydrogen) atoms. The van der Waals surface area contributed by atoms with E-state index in [-0.39, 0.29) is 0 Å². The van der Waals surface area contributed by atoms with E-state index >= 15 is 0 Å². The lowest BCUT2D eigenvalue weighted by atomic mass is 9.95. The average molecular weight is 214 g/mol. The lowest BCUT2D eigenvalue weighted by Gasteiger charge is -2.17. The van der Waals surface area contributed by atoms with Crippen LogP contribution in [0, 0.1) is 20.8 Å². The Balaban J connectivity index is 3.44. The first-order valence-electron chi connectivity index (χ1n) is 4.46.